The molecule has 0 N–H and O–H groups in total. The normalized spacial score (nSPS) is 12.2. The average molecular weight is 258 g/mol. The fraction of sp³-hybridized carbons (Fsp3) is 0.100. The highest BCUT2D eigenvalue weighted by atomic mass is 14.2. The van der Waals surface area contributed by atoms with Gasteiger partial charge in [-0.25, -0.2) is 0 Å². The van der Waals surface area contributed by atoms with Gasteiger partial charge in [-0.1, -0.05) is 78.9 Å². The van der Waals surface area contributed by atoms with Gasteiger partial charge >= 0.3 is 0 Å². The van der Waals surface area contributed by atoms with Crippen molar-refractivity contribution in [3.8, 4) is 0 Å². The Bertz CT molecular complexity index is 710. The van der Waals surface area contributed by atoms with E-state index in [4.69, 9.17) is 0 Å². The predicted octanol–water partition coefficient (Wildman–Crippen LogP) is 5.55. The molecule has 0 bridgehead atoms. The smallest absolute Gasteiger partial charge is 0.0124 e. The molecule has 3 aromatic carbocycles. The van der Waals surface area contributed by atoms with Gasteiger partial charge in [0.1, 0.15) is 0 Å². The van der Waals surface area contributed by atoms with E-state index in [0.717, 1.165) is 6.42 Å². The van der Waals surface area contributed by atoms with Crippen LogP contribution < -0.4 is 0 Å². The summed E-state index contributed by atoms with van der Waals surface area (Å²) in [7, 11) is 0. The molecule has 0 fully saturated rings. The third-order valence-electron chi connectivity index (χ3n) is 3.78. The van der Waals surface area contributed by atoms with Crippen LogP contribution in [0.15, 0.2) is 85.5 Å². The summed E-state index contributed by atoms with van der Waals surface area (Å²) in [5, 5.41) is 2.59. The van der Waals surface area contributed by atoms with Crippen LogP contribution in [-0.2, 0) is 0 Å². The van der Waals surface area contributed by atoms with Crippen molar-refractivity contribution >= 4 is 10.8 Å². The fourth-order valence-electron chi connectivity index (χ4n) is 2.74. The molecule has 3 rings (SSSR count). The number of benzene rings is 3. The number of hydrogen-bond donors (Lipinski definition) is 0. The summed E-state index contributed by atoms with van der Waals surface area (Å²) >= 11 is 0. The first-order chi connectivity index (χ1) is 9.88. The quantitative estimate of drug-likeness (QED) is 0.538. The Morgan fingerprint density at radius 1 is 0.750 bits per heavy atom. The van der Waals surface area contributed by atoms with Crippen LogP contribution in [0.3, 0.4) is 0 Å². The molecular formula is C20H18. The van der Waals surface area contributed by atoms with Crippen LogP contribution in [0.1, 0.15) is 23.5 Å². The van der Waals surface area contributed by atoms with Gasteiger partial charge in [0, 0.05) is 5.92 Å². The summed E-state index contributed by atoms with van der Waals surface area (Å²) in [6, 6.07) is 25.9. The Balaban J connectivity index is 2.07. The van der Waals surface area contributed by atoms with Crippen molar-refractivity contribution in [3.63, 3.8) is 0 Å². The van der Waals surface area contributed by atoms with E-state index in [-0.39, 0.29) is 0 Å². The van der Waals surface area contributed by atoms with E-state index in [2.05, 4.69) is 79.4 Å². The molecule has 0 spiro atoms. The lowest BCUT2D eigenvalue weighted by Gasteiger charge is -2.17. The summed E-state index contributed by atoms with van der Waals surface area (Å²) in [6.45, 7) is 3.91. The first kappa shape index (κ1) is 12.7. The minimum atomic E-state index is 0.387. The van der Waals surface area contributed by atoms with Crippen LogP contribution >= 0.6 is 0 Å². The minimum absolute atomic E-state index is 0.387. The Labute approximate surface area is 120 Å². The molecule has 0 saturated heterocycles. The van der Waals surface area contributed by atoms with Gasteiger partial charge < -0.3 is 0 Å². The summed E-state index contributed by atoms with van der Waals surface area (Å²) in [5.41, 5.74) is 2.71. The van der Waals surface area contributed by atoms with Gasteiger partial charge in [0.25, 0.3) is 0 Å². The molecule has 0 aliphatic carbocycles. The molecule has 0 amide bonds. The largest absolute Gasteiger partial charge is 0.103 e. The van der Waals surface area contributed by atoms with Gasteiger partial charge in [0.05, 0.1) is 0 Å². The maximum absolute atomic E-state index is 3.91. The molecule has 3 aromatic rings. The highest BCUT2D eigenvalue weighted by Gasteiger charge is 2.12. The number of hydrogen-bond acceptors (Lipinski definition) is 0. The highest BCUT2D eigenvalue weighted by Crippen LogP contribution is 2.30. The maximum atomic E-state index is 3.91. The molecule has 1 unspecified atom stereocenters. The molecule has 0 aromatic heterocycles. The zero-order valence-electron chi connectivity index (χ0n) is 11.5. The van der Waals surface area contributed by atoms with E-state index in [9.17, 15) is 0 Å². The molecule has 0 heterocycles. The van der Waals surface area contributed by atoms with Crippen LogP contribution in [0.5, 0.6) is 0 Å². The lowest BCUT2D eigenvalue weighted by Crippen LogP contribution is -1.99. The molecule has 98 valence electrons. The molecule has 0 saturated carbocycles. The number of fused-ring (bicyclic) bond motifs is 1. The van der Waals surface area contributed by atoms with Crippen molar-refractivity contribution in [2.75, 3.05) is 0 Å². The van der Waals surface area contributed by atoms with Crippen molar-refractivity contribution in [2.45, 2.75) is 12.3 Å². The van der Waals surface area contributed by atoms with Crippen LogP contribution in [-0.4, -0.2) is 0 Å². The first-order valence-corrected chi connectivity index (χ1v) is 7.03. The van der Waals surface area contributed by atoms with Gasteiger partial charge in [0.2, 0.25) is 0 Å². The second-order valence-corrected chi connectivity index (χ2v) is 5.09. The van der Waals surface area contributed by atoms with E-state index < -0.39 is 0 Å². The van der Waals surface area contributed by atoms with E-state index in [1.165, 1.54) is 21.9 Å². The average Bonchev–Trinajstić information content (AvgIpc) is 2.53. The van der Waals surface area contributed by atoms with Crippen LogP contribution in [0.4, 0.5) is 0 Å². The lowest BCUT2D eigenvalue weighted by molar-refractivity contribution is 0.832. The molecule has 0 nitrogen and oxygen atoms in total. The summed E-state index contributed by atoms with van der Waals surface area (Å²) < 4.78 is 0. The summed E-state index contributed by atoms with van der Waals surface area (Å²) in [6.07, 6.45) is 2.97. The van der Waals surface area contributed by atoms with E-state index in [1.54, 1.807) is 0 Å². The Hall–Kier alpha value is -2.34. The highest BCUT2D eigenvalue weighted by molar-refractivity contribution is 5.83. The standard InChI is InChI=1S/C20H18/c1-2-8-20(17-10-4-3-5-11-17)19-14-13-16-9-6-7-12-18(16)15-19/h2-7,9-15,20H,1,8H2. The second-order valence-electron chi connectivity index (χ2n) is 5.09. The molecule has 0 aliphatic heterocycles. The number of allylic oxidation sites excluding steroid dienone is 1. The van der Waals surface area contributed by atoms with Crippen LogP contribution in [0.25, 0.3) is 10.8 Å². The van der Waals surface area contributed by atoms with E-state index in [1.807, 2.05) is 6.08 Å². The fourth-order valence-corrected chi connectivity index (χ4v) is 2.74. The van der Waals surface area contributed by atoms with Crippen molar-refractivity contribution in [2.24, 2.45) is 0 Å². The van der Waals surface area contributed by atoms with Crippen LogP contribution in [0.2, 0.25) is 0 Å². The van der Waals surface area contributed by atoms with Crippen molar-refractivity contribution in [1.82, 2.24) is 0 Å². The summed E-state index contributed by atoms with van der Waals surface area (Å²) in [4.78, 5) is 0. The Morgan fingerprint density at radius 2 is 1.45 bits per heavy atom. The van der Waals surface area contributed by atoms with Gasteiger partial charge in [-0.05, 0) is 28.3 Å². The van der Waals surface area contributed by atoms with Crippen molar-refractivity contribution < 1.29 is 0 Å². The third kappa shape index (κ3) is 2.50. The Morgan fingerprint density at radius 3 is 2.20 bits per heavy atom. The second kappa shape index (κ2) is 5.75. The SMILES string of the molecule is C=CCC(c1ccccc1)c1ccc2ccccc2c1. The number of rotatable bonds is 4. The van der Waals surface area contributed by atoms with Gasteiger partial charge in [-0.3, -0.25) is 0 Å². The topological polar surface area (TPSA) is 0 Å². The summed E-state index contributed by atoms with van der Waals surface area (Å²) in [5.74, 6) is 0.387. The van der Waals surface area contributed by atoms with E-state index in [0.29, 0.717) is 5.92 Å². The molecule has 0 radical (unpaired) electrons. The predicted molar refractivity (Wildman–Crippen MR) is 87.0 cm³/mol. The zero-order valence-corrected chi connectivity index (χ0v) is 11.5. The Kier molecular flexibility index (Phi) is 3.64. The van der Waals surface area contributed by atoms with Gasteiger partial charge in [0.15, 0.2) is 0 Å². The van der Waals surface area contributed by atoms with Crippen molar-refractivity contribution in [3.05, 3.63) is 96.6 Å². The van der Waals surface area contributed by atoms with E-state index >= 15 is 0 Å². The lowest BCUT2D eigenvalue weighted by atomic mass is 9.87. The maximum Gasteiger partial charge on any atom is 0.0124 e. The zero-order chi connectivity index (χ0) is 13.8. The monoisotopic (exact) mass is 258 g/mol. The molecule has 1 atom stereocenters. The third-order valence-corrected chi connectivity index (χ3v) is 3.78. The van der Waals surface area contributed by atoms with Crippen LogP contribution in [0, 0.1) is 0 Å². The molecule has 20 heavy (non-hydrogen) atoms. The van der Waals surface area contributed by atoms with Gasteiger partial charge in [-0.15, -0.1) is 6.58 Å². The first-order valence-electron chi connectivity index (χ1n) is 7.03. The molecule has 0 heteroatoms. The molecule has 0 aliphatic rings. The minimum Gasteiger partial charge on any atom is -0.103 e. The molecular weight excluding hydrogens is 240 g/mol. The van der Waals surface area contributed by atoms with Gasteiger partial charge in [-0.2, -0.15) is 0 Å². The van der Waals surface area contributed by atoms with Crippen molar-refractivity contribution in [1.29, 1.82) is 0 Å².